The van der Waals surface area contributed by atoms with Crippen LogP contribution in [0.25, 0.3) is 0 Å². The largest absolute Gasteiger partial charge is 0.321 e. The number of hydrogen-bond donors (Lipinski definition) is 1. The Kier molecular flexibility index (Phi) is 4.52. The van der Waals surface area contributed by atoms with Crippen molar-refractivity contribution in [2.45, 2.75) is 6.54 Å². The van der Waals surface area contributed by atoms with Gasteiger partial charge in [-0.1, -0.05) is 30.3 Å². The van der Waals surface area contributed by atoms with Gasteiger partial charge in [0.1, 0.15) is 5.69 Å². The fourth-order valence-corrected chi connectivity index (χ4v) is 3.07. The molecule has 3 aromatic rings. The lowest BCUT2D eigenvalue weighted by molar-refractivity contribution is 0.0692. The Hall–Kier alpha value is -4.07. The van der Waals surface area contributed by atoms with Gasteiger partial charge in [-0.3, -0.25) is 24.1 Å². The number of anilines is 1. The summed E-state index contributed by atoms with van der Waals surface area (Å²) in [5.74, 6) is -1.33. The minimum absolute atomic E-state index is 0.0561. The van der Waals surface area contributed by atoms with Crippen molar-refractivity contribution in [1.29, 1.82) is 0 Å². The molecule has 0 aliphatic carbocycles. The van der Waals surface area contributed by atoms with Crippen molar-refractivity contribution in [3.05, 3.63) is 93.4 Å². The molecule has 144 valence electrons. The van der Waals surface area contributed by atoms with Crippen LogP contribution in [-0.2, 0) is 6.54 Å². The summed E-state index contributed by atoms with van der Waals surface area (Å²) >= 11 is 0. The van der Waals surface area contributed by atoms with Crippen LogP contribution in [0.2, 0.25) is 0 Å². The molecule has 2 aromatic carbocycles. The summed E-state index contributed by atoms with van der Waals surface area (Å²) in [5, 5.41) is 6.79. The number of aromatic nitrogens is 2. The molecule has 0 saturated carbocycles. The third kappa shape index (κ3) is 3.43. The van der Waals surface area contributed by atoms with Crippen molar-refractivity contribution in [1.82, 2.24) is 14.7 Å². The van der Waals surface area contributed by atoms with Crippen LogP contribution in [0, 0.1) is 0 Å². The van der Waals surface area contributed by atoms with Crippen molar-refractivity contribution in [3.8, 4) is 0 Å². The van der Waals surface area contributed by atoms with Crippen molar-refractivity contribution in [3.63, 3.8) is 0 Å². The lowest BCUT2D eigenvalue weighted by Crippen LogP contribution is -2.26. The zero-order chi connectivity index (χ0) is 20.5. The Labute approximate surface area is 165 Å². The molecule has 29 heavy (non-hydrogen) atoms. The Balaban J connectivity index is 1.57. The summed E-state index contributed by atoms with van der Waals surface area (Å²) < 4.78 is 1.21. The molecule has 1 aliphatic heterocycles. The number of imide groups is 1. The van der Waals surface area contributed by atoms with Crippen molar-refractivity contribution < 1.29 is 14.4 Å². The third-order valence-corrected chi connectivity index (χ3v) is 4.62. The van der Waals surface area contributed by atoms with E-state index in [4.69, 9.17) is 0 Å². The van der Waals surface area contributed by atoms with Gasteiger partial charge in [-0.25, -0.2) is 4.68 Å². The molecule has 0 fully saturated rings. The van der Waals surface area contributed by atoms with Crippen LogP contribution >= 0.6 is 0 Å². The Morgan fingerprint density at radius 2 is 1.66 bits per heavy atom. The van der Waals surface area contributed by atoms with E-state index in [1.54, 1.807) is 6.07 Å². The first kappa shape index (κ1) is 18.3. The fraction of sp³-hybridized carbons (Fsp3) is 0.0952. The molecule has 2 heterocycles. The van der Waals surface area contributed by atoms with Crippen LogP contribution in [-0.4, -0.2) is 39.4 Å². The molecule has 1 aromatic heterocycles. The highest BCUT2D eigenvalue weighted by Gasteiger charge is 2.32. The SMILES string of the molecule is CN1C(=O)c2ccc(NC(=O)c3ccc(=O)n(Cc4ccccc4)n3)cc2C1=O. The summed E-state index contributed by atoms with van der Waals surface area (Å²) in [6.07, 6.45) is 0. The van der Waals surface area contributed by atoms with Gasteiger partial charge in [0.2, 0.25) is 0 Å². The molecule has 4 rings (SSSR count). The molecule has 3 amide bonds. The topological polar surface area (TPSA) is 101 Å². The van der Waals surface area contributed by atoms with Crippen molar-refractivity contribution in [2.75, 3.05) is 12.4 Å². The Morgan fingerprint density at radius 1 is 0.931 bits per heavy atom. The first-order valence-electron chi connectivity index (χ1n) is 8.84. The summed E-state index contributed by atoms with van der Waals surface area (Å²) in [4.78, 5) is 49.8. The second-order valence-electron chi connectivity index (χ2n) is 6.58. The lowest BCUT2D eigenvalue weighted by Gasteiger charge is -2.08. The molecule has 0 saturated heterocycles. The van der Waals surface area contributed by atoms with Gasteiger partial charge in [0.15, 0.2) is 0 Å². The van der Waals surface area contributed by atoms with E-state index in [1.807, 2.05) is 30.3 Å². The van der Waals surface area contributed by atoms with Gasteiger partial charge >= 0.3 is 0 Å². The number of rotatable bonds is 4. The number of hydrogen-bond acceptors (Lipinski definition) is 5. The lowest BCUT2D eigenvalue weighted by atomic mass is 10.1. The monoisotopic (exact) mass is 388 g/mol. The first-order valence-corrected chi connectivity index (χ1v) is 8.84. The van der Waals surface area contributed by atoms with Gasteiger partial charge in [-0.15, -0.1) is 0 Å². The van der Waals surface area contributed by atoms with Crippen LogP contribution in [0.4, 0.5) is 5.69 Å². The number of amides is 3. The maximum atomic E-state index is 12.6. The van der Waals surface area contributed by atoms with Crippen LogP contribution < -0.4 is 10.9 Å². The minimum atomic E-state index is -0.531. The predicted molar refractivity (Wildman–Crippen MR) is 105 cm³/mol. The van der Waals surface area contributed by atoms with E-state index in [0.29, 0.717) is 11.3 Å². The maximum Gasteiger partial charge on any atom is 0.276 e. The van der Waals surface area contributed by atoms with E-state index in [-0.39, 0.29) is 29.3 Å². The van der Waals surface area contributed by atoms with Crippen LogP contribution in [0.5, 0.6) is 0 Å². The molecule has 0 atom stereocenters. The molecule has 8 heteroatoms. The number of nitrogens with one attached hydrogen (secondary N) is 1. The van der Waals surface area contributed by atoms with Crippen LogP contribution in [0.15, 0.2) is 65.5 Å². The fourth-order valence-electron chi connectivity index (χ4n) is 3.07. The van der Waals surface area contributed by atoms with E-state index in [0.717, 1.165) is 10.5 Å². The second kappa shape index (κ2) is 7.16. The molecule has 0 unspecified atom stereocenters. The summed E-state index contributed by atoms with van der Waals surface area (Å²) in [6, 6.07) is 16.4. The molecule has 1 N–H and O–H groups in total. The zero-order valence-electron chi connectivity index (χ0n) is 15.5. The number of fused-ring (bicyclic) bond motifs is 1. The van der Waals surface area contributed by atoms with E-state index in [1.165, 1.54) is 36.0 Å². The number of nitrogens with zero attached hydrogens (tertiary/aromatic N) is 3. The molecule has 8 nitrogen and oxygen atoms in total. The number of carbonyl (C=O) groups excluding carboxylic acids is 3. The standard InChI is InChI=1S/C21H16N4O4/c1-24-20(28)15-8-7-14(11-16(15)21(24)29)22-19(27)17-9-10-18(26)25(23-17)12-13-5-3-2-4-6-13/h2-11H,12H2,1H3,(H,22,27). The summed E-state index contributed by atoms with van der Waals surface area (Å²) in [6.45, 7) is 0.239. The maximum absolute atomic E-state index is 12.6. The first-order chi connectivity index (χ1) is 13.9. The van der Waals surface area contributed by atoms with Gasteiger partial charge in [-0.05, 0) is 29.8 Å². The molecule has 1 aliphatic rings. The van der Waals surface area contributed by atoms with E-state index in [9.17, 15) is 19.2 Å². The minimum Gasteiger partial charge on any atom is -0.321 e. The number of carbonyl (C=O) groups is 3. The van der Waals surface area contributed by atoms with Crippen molar-refractivity contribution in [2.24, 2.45) is 0 Å². The van der Waals surface area contributed by atoms with Gasteiger partial charge < -0.3 is 5.32 Å². The average Bonchev–Trinajstić information content (AvgIpc) is 2.94. The quantitative estimate of drug-likeness (QED) is 0.687. The zero-order valence-corrected chi connectivity index (χ0v) is 15.5. The second-order valence-corrected chi connectivity index (χ2v) is 6.58. The van der Waals surface area contributed by atoms with Crippen LogP contribution in [0.1, 0.15) is 36.8 Å². The molecular weight excluding hydrogens is 372 g/mol. The highest BCUT2D eigenvalue weighted by atomic mass is 16.2. The predicted octanol–water partition coefficient (Wildman–Crippen LogP) is 1.77. The average molecular weight is 388 g/mol. The highest BCUT2D eigenvalue weighted by Crippen LogP contribution is 2.24. The van der Waals surface area contributed by atoms with E-state index in [2.05, 4.69) is 10.4 Å². The normalized spacial score (nSPS) is 12.8. The Morgan fingerprint density at radius 3 is 2.41 bits per heavy atom. The molecular formula is C21H16N4O4. The van der Waals surface area contributed by atoms with Crippen LogP contribution in [0.3, 0.4) is 0 Å². The summed E-state index contributed by atoms with van der Waals surface area (Å²) in [7, 11) is 1.41. The van der Waals surface area contributed by atoms with E-state index < -0.39 is 11.8 Å². The molecule has 0 bridgehead atoms. The van der Waals surface area contributed by atoms with Crippen molar-refractivity contribution >= 4 is 23.4 Å². The van der Waals surface area contributed by atoms with Gasteiger partial charge in [0.25, 0.3) is 23.3 Å². The van der Waals surface area contributed by atoms with E-state index >= 15 is 0 Å². The molecule has 0 spiro atoms. The van der Waals surface area contributed by atoms with Gasteiger partial charge in [-0.2, -0.15) is 5.10 Å². The summed E-state index contributed by atoms with van der Waals surface area (Å²) in [5.41, 5.74) is 1.50. The smallest absolute Gasteiger partial charge is 0.276 e. The third-order valence-electron chi connectivity index (χ3n) is 4.62. The Bertz CT molecular complexity index is 1200. The number of benzene rings is 2. The highest BCUT2D eigenvalue weighted by molar-refractivity contribution is 6.21. The van der Waals surface area contributed by atoms with Gasteiger partial charge in [0.05, 0.1) is 17.7 Å². The van der Waals surface area contributed by atoms with Gasteiger partial charge in [0, 0.05) is 18.8 Å². The molecule has 0 radical (unpaired) electrons.